The smallest absolute Gasteiger partial charge is 0.336 e. The average molecular weight is 517 g/mol. The van der Waals surface area contributed by atoms with Crippen molar-refractivity contribution in [3.8, 4) is 0 Å². The van der Waals surface area contributed by atoms with Crippen LogP contribution in [0.3, 0.4) is 0 Å². The van der Waals surface area contributed by atoms with Crippen molar-refractivity contribution in [2.45, 2.75) is 116 Å². The lowest BCUT2D eigenvalue weighted by atomic mass is 10.0. The first kappa shape index (κ1) is 26.3. The molecule has 0 atom stereocenters. The van der Waals surface area contributed by atoms with Gasteiger partial charge in [-0.2, -0.15) is 0 Å². The highest BCUT2D eigenvalue weighted by Crippen LogP contribution is 2.20. The maximum atomic E-state index is 11.2. The summed E-state index contributed by atoms with van der Waals surface area (Å²) in [5, 5.41) is 9.21. The van der Waals surface area contributed by atoms with Crippen LogP contribution in [0.1, 0.15) is 126 Å². The molecule has 4 heteroatoms. The van der Waals surface area contributed by atoms with E-state index in [9.17, 15) is 13.0 Å². The fraction of sp³-hybridized carbons (Fsp3) is 0.720. The Morgan fingerprint density at radius 3 is 1.62 bits per heavy atom. The minimum Gasteiger partial charge on any atom is -0.478 e. The summed E-state index contributed by atoms with van der Waals surface area (Å²) >= 11 is -1.43. The fourth-order valence-electron chi connectivity index (χ4n) is 3.84. The monoisotopic (exact) mass is 516 g/mol. The summed E-state index contributed by atoms with van der Waals surface area (Å²) in [6.07, 6.45) is 22.6. The van der Waals surface area contributed by atoms with Gasteiger partial charge >= 0.3 is 5.97 Å². The number of carboxylic acid groups (broad SMARTS) is 1. The molecule has 0 saturated heterocycles. The Labute approximate surface area is 188 Å². The molecule has 0 unspecified atom stereocenters. The van der Waals surface area contributed by atoms with Gasteiger partial charge in [-0.25, -0.2) is 4.79 Å². The van der Waals surface area contributed by atoms with E-state index in [1.165, 1.54) is 96.3 Å². The predicted molar refractivity (Wildman–Crippen MR) is 130 cm³/mol. The predicted octanol–water partition coefficient (Wildman–Crippen LogP) is 8.67. The molecule has 0 radical (unpaired) electrons. The highest BCUT2D eigenvalue weighted by atomic mass is 127. The van der Waals surface area contributed by atoms with E-state index in [2.05, 4.69) is 6.92 Å². The topological polar surface area (TPSA) is 54.4 Å². The Bertz CT molecular complexity index is 571. The van der Waals surface area contributed by atoms with Crippen LogP contribution in [-0.4, -0.2) is 11.1 Å². The molecule has 0 bridgehead atoms. The van der Waals surface area contributed by atoms with Gasteiger partial charge in [-0.1, -0.05) is 109 Å². The van der Waals surface area contributed by atoms with Crippen LogP contribution in [0.2, 0.25) is 0 Å². The second kappa shape index (κ2) is 18.0. The summed E-state index contributed by atoms with van der Waals surface area (Å²) in [5.74, 6) is -0.968. The number of aromatic carboxylic acids is 1. The molecule has 1 aromatic rings. The largest absolute Gasteiger partial charge is 0.478 e. The van der Waals surface area contributed by atoms with Crippen LogP contribution in [0.15, 0.2) is 18.2 Å². The third kappa shape index (κ3) is 13.2. The second-order valence-corrected chi connectivity index (χ2v) is 9.85. The van der Waals surface area contributed by atoms with Gasteiger partial charge in [0.2, 0.25) is 0 Å². The number of unbranched alkanes of at least 4 members (excludes halogenated alkanes) is 15. The molecule has 0 aromatic heterocycles. The number of benzene rings is 1. The van der Waals surface area contributed by atoms with E-state index in [4.69, 9.17) is 0 Å². The zero-order valence-corrected chi connectivity index (χ0v) is 20.6. The quantitative estimate of drug-likeness (QED) is 0.148. The number of hydrogen-bond donors (Lipinski definition) is 1. The molecule has 0 saturated carbocycles. The zero-order chi connectivity index (χ0) is 21.2. The molecule has 166 valence electrons. The summed E-state index contributed by atoms with van der Waals surface area (Å²) < 4.78 is 11.6. The van der Waals surface area contributed by atoms with Gasteiger partial charge in [-0.3, -0.25) is 3.07 Å². The Hall–Kier alpha value is -0.780. The van der Waals surface area contributed by atoms with Crippen molar-refractivity contribution in [1.82, 2.24) is 0 Å². The van der Waals surface area contributed by atoms with E-state index in [0.717, 1.165) is 18.4 Å². The van der Waals surface area contributed by atoms with Crippen LogP contribution in [0.4, 0.5) is 0 Å². The molecule has 0 amide bonds. The lowest BCUT2D eigenvalue weighted by Crippen LogP contribution is -2.01. The first-order valence-corrected chi connectivity index (χ1v) is 13.8. The van der Waals surface area contributed by atoms with Crippen LogP contribution in [-0.2, 0) is 9.49 Å². The molecule has 1 aromatic carbocycles. The SMILES string of the molecule is CCCCCCCCCCCCCCCCCCc1ccc(I=O)c(C(=O)O)c1. The van der Waals surface area contributed by atoms with E-state index in [1.54, 1.807) is 12.1 Å². The Morgan fingerprint density at radius 1 is 0.759 bits per heavy atom. The van der Waals surface area contributed by atoms with Crippen LogP contribution in [0.5, 0.6) is 0 Å². The van der Waals surface area contributed by atoms with Gasteiger partial charge in [0.05, 0.1) is 9.13 Å². The molecule has 0 spiro atoms. The minimum atomic E-state index is -1.43. The van der Waals surface area contributed by atoms with Crippen molar-refractivity contribution in [2.75, 3.05) is 0 Å². The molecule has 3 nitrogen and oxygen atoms in total. The molecule has 0 fully saturated rings. The van der Waals surface area contributed by atoms with E-state index in [1.807, 2.05) is 6.07 Å². The van der Waals surface area contributed by atoms with Gasteiger partial charge in [-0.05, 0) is 30.5 Å². The lowest BCUT2D eigenvalue weighted by Gasteiger charge is -2.05. The molecule has 0 heterocycles. The van der Waals surface area contributed by atoms with Gasteiger partial charge in [0.15, 0.2) is 21.2 Å². The minimum absolute atomic E-state index is 0.224. The Balaban J connectivity index is 1.93. The third-order valence-corrected chi connectivity index (χ3v) is 7.08. The summed E-state index contributed by atoms with van der Waals surface area (Å²) in [6.45, 7) is 2.27. The van der Waals surface area contributed by atoms with E-state index < -0.39 is 27.2 Å². The van der Waals surface area contributed by atoms with E-state index >= 15 is 0 Å². The summed E-state index contributed by atoms with van der Waals surface area (Å²) in [7, 11) is 0. The van der Waals surface area contributed by atoms with Gasteiger partial charge in [-0.15, -0.1) is 0 Å². The molecule has 1 N–H and O–H groups in total. The zero-order valence-electron chi connectivity index (χ0n) is 18.4. The van der Waals surface area contributed by atoms with Crippen molar-refractivity contribution in [3.05, 3.63) is 32.9 Å². The molecule has 1 rings (SSSR count). The molecule has 0 aliphatic carbocycles. The van der Waals surface area contributed by atoms with Gasteiger partial charge in [0, 0.05) is 0 Å². The van der Waals surface area contributed by atoms with Crippen LogP contribution in [0.25, 0.3) is 0 Å². The van der Waals surface area contributed by atoms with Gasteiger partial charge in [0.1, 0.15) is 0 Å². The first-order chi connectivity index (χ1) is 14.2. The number of halogens is 1. The molecule has 0 aliphatic rings. The van der Waals surface area contributed by atoms with E-state index in [0.29, 0.717) is 3.57 Å². The number of carboxylic acids is 1. The van der Waals surface area contributed by atoms with Crippen LogP contribution < -0.4 is 0 Å². The van der Waals surface area contributed by atoms with Crippen LogP contribution >= 0.6 is 21.2 Å². The summed E-state index contributed by atoms with van der Waals surface area (Å²) in [6, 6.07) is 5.37. The average Bonchev–Trinajstić information content (AvgIpc) is 2.73. The highest BCUT2D eigenvalue weighted by Gasteiger charge is 2.11. The fourth-order valence-corrected chi connectivity index (χ4v) is 4.79. The van der Waals surface area contributed by atoms with Crippen molar-refractivity contribution in [3.63, 3.8) is 0 Å². The van der Waals surface area contributed by atoms with Crippen molar-refractivity contribution < 1.29 is 13.0 Å². The van der Waals surface area contributed by atoms with E-state index in [-0.39, 0.29) is 5.56 Å². The Kier molecular flexibility index (Phi) is 16.3. The molecular formula is C25H41IO3. The van der Waals surface area contributed by atoms with Gasteiger partial charge in [0.25, 0.3) is 0 Å². The number of hydrogen-bond acceptors (Lipinski definition) is 2. The first-order valence-electron chi connectivity index (χ1n) is 11.8. The molecule has 0 aliphatic heterocycles. The Morgan fingerprint density at radius 2 is 1.21 bits per heavy atom. The summed E-state index contributed by atoms with van der Waals surface area (Å²) in [5.41, 5.74) is 1.27. The normalized spacial score (nSPS) is 11.1. The highest BCUT2D eigenvalue weighted by molar-refractivity contribution is 14.1. The van der Waals surface area contributed by atoms with Crippen molar-refractivity contribution in [1.29, 1.82) is 0 Å². The number of carbonyl (C=O) groups is 1. The lowest BCUT2D eigenvalue weighted by molar-refractivity contribution is 0.0695. The number of aryl methyl sites for hydroxylation is 1. The van der Waals surface area contributed by atoms with Gasteiger partial charge < -0.3 is 5.11 Å². The standard InChI is InChI=1S/C25H41IO3/c1-2-3-4-5-6-7-8-9-10-11-12-13-14-15-16-17-18-22-19-20-24(26-29)23(21-22)25(27)28/h19-21H,2-18H2,1H3,(H,27,28). The second-order valence-electron chi connectivity index (χ2n) is 8.25. The maximum absolute atomic E-state index is 11.2. The van der Waals surface area contributed by atoms with Crippen molar-refractivity contribution >= 4 is 27.2 Å². The number of rotatable bonds is 19. The molecular weight excluding hydrogens is 475 g/mol. The van der Waals surface area contributed by atoms with Crippen LogP contribution in [0, 0.1) is 3.57 Å². The van der Waals surface area contributed by atoms with Crippen molar-refractivity contribution in [2.24, 2.45) is 0 Å². The maximum Gasteiger partial charge on any atom is 0.336 e. The third-order valence-electron chi connectivity index (χ3n) is 5.66. The molecule has 29 heavy (non-hydrogen) atoms. The summed E-state index contributed by atoms with van der Waals surface area (Å²) in [4.78, 5) is 11.2.